The summed E-state index contributed by atoms with van der Waals surface area (Å²) in [7, 11) is 0. The van der Waals surface area contributed by atoms with Gasteiger partial charge in [0.15, 0.2) is 6.29 Å². The van der Waals surface area contributed by atoms with Gasteiger partial charge in [-0.15, -0.1) is 11.6 Å². The molecule has 1 aliphatic carbocycles. The Kier molecular flexibility index (Phi) is 7.48. The fourth-order valence-corrected chi connectivity index (χ4v) is 4.99. The van der Waals surface area contributed by atoms with Crippen molar-refractivity contribution in [3.05, 3.63) is 48.2 Å². The molecule has 2 fully saturated rings. The third kappa shape index (κ3) is 4.43. The third-order valence-electron chi connectivity index (χ3n) is 6.53. The number of hydrogen-bond donors (Lipinski definition) is 6. The molecule has 2 aliphatic heterocycles. The maximum absolute atomic E-state index is 12.4. The number of alkyl halides is 1. The van der Waals surface area contributed by atoms with Crippen molar-refractivity contribution in [1.29, 1.82) is 0 Å². The lowest BCUT2D eigenvalue weighted by Gasteiger charge is -2.44. The first-order valence-corrected chi connectivity index (χ1v) is 11.2. The van der Waals surface area contributed by atoms with Gasteiger partial charge in [-0.1, -0.05) is 18.2 Å². The highest BCUT2D eigenvalue weighted by Gasteiger charge is 2.64. The van der Waals surface area contributed by atoms with E-state index in [1.54, 1.807) is 18.2 Å². The van der Waals surface area contributed by atoms with Crippen LogP contribution in [0.2, 0.25) is 0 Å². The Bertz CT molecular complexity index is 883. The van der Waals surface area contributed by atoms with E-state index < -0.39 is 85.1 Å². The number of fused-ring (bicyclic) bond motifs is 1. The summed E-state index contributed by atoms with van der Waals surface area (Å²) < 4.78 is 21.8. The molecule has 11 atom stereocenters. The van der Waals surface area contributed by atoms with E-state index in [1.807, 2.05) is 0 Å². The van der Waals surface area contributed by atoms with Gasteiger partial charge in [0.05, 0.1) is 35.8 Å². The smallest absolute Gasteiger partial charge is 0.338 e. The molecule has 1 aromatic carbocycles. The van der Waals surface area contributed by atoms with E-state index in [-0.39, 0.29) is 5.56 Å². The molecule has 0 amide bonds. The number of rotatable bonds is 6. The van der Waals surface area contributed by atoms with Crippen LogP contribution >= 0.6 is 11.6 Å². The molecular formula is C22H27ClO11. The van der Waals surface area contributed by atoms with E-state index in [1.165, 1.54) is 24.5 Å². The zero-order valence-electron chi connectivity index (χ0n) is 17.8. The molecule has 12 heteroatoms. The van der Waals surface area contributed by atoms with Crippen LogP contribution in [0, 0.1) is 11.8 Å². The average molecular weight is 503 g/mol. The number of hydrogen-bond acceptors (Lipinski definition) is 11. The van der Waals surface area contributed by atoms with Crippen LogP contribution in [0.4, 0.5) is 0 Å². The molecule has 0 spiro atoms. The third-order valence-corrected chi connectivity index (χ3v) is 7.17. The molecule has 6 N–H and O–H groups in total. The summed E-state index contributed by atoms with van der Waals surface area (Å²) in [5.41, 5.74) is -1.76. The fraction of sp³-hybridized carbons (Fsp3) is 0.591. The Balaban J connectivity index is 1.54. The molecule has 0 radical (unpaired) electrons. The molecule has 3 aliphatic rings. The van der Waals surface area contributed by atoms with Crippen molar-refractivity contribution >= 4 is 17.6 Å². The van der Waals surface area contributed by atoms with Crippen molar-refractivity contribution in [3.8, 4) is 0 Å². The molecule has 188 valence electrons. The highest BCUT2D eigenvalue weighted by molar-refractivity contribution is 6.22. The Morgan fingerprint density at radius 2 is 1.74 bits per heavy atom. The van der Waals surface area contributed by atoms with Crippen LogP contribution in [0.15, 0.2) is 42.7 Å². The predicted octanol–water partition coefficient (Wildman–Crippen LogP) is -1.52. The van der Waals surface area contributed by atoms with E-state index in [9.17, 15) is 35.4 Å². The second-order valence-corrected chi connectivity index (χ2v) is 9.07. The lowest BCUT2D eigenvalue weighted by molar-refractivity contribution is -0.347. The van der Waals surface area contributed by atoms with Gasteiger partial charge in [0, 0.05) is 5.92 Å². The largest absolute Gasteiger partial charge is 0.472 e. The normalized spacial score (nSPS) is 43.7. The van der Waals surface area contributed by atoms with Crippen LogP contribution in [0.3, 0.4) is 0 Å². The van der Waals surface area contributed by atoms with E-state index in [0.29, 0.717) is 0 Å². The molecule has 34 heavy (non-hydrogen) atoms. The minimum absolute atomic E-state index is 0.251. The molecule has 2 heterocycles. The number of carbonyl (C=O) groups excluding carboxylic acids is 1. The van der Waals surface area contributed by atoms with E-state index in [4.69, 9.17) is 30.5 Å². The van der Waals surface area contributed by atoms with Crippen LogP contribution in [-0.2, 0) is 18.9 Å². The summed E-state index contributed by atoms with van der Waals surface area (Å²) in [6, 6.07) is 8.09. The fourth-order valence-electron chi connectivity index (χ4n) is 4.61. The Morgan fingerprint density at radius 1 is 1.03 bits per heavy atom. The molecule has 0 bridgehead atoms. The van der Waals surface area contributed by atoms with Gasteiger partial charge in [-0.3, -0.25) is 0 Å². The van der Waals surface area contributed by atoms with Crippen LogP contribution < -0.4 is 0 Å². The zero-order chi connectivity index (χ0) is 24.6. The first kappa shape index (κ1) is 25.3. The monoisotopic (exact) mass is 502 g/mol. The lowest BCUT2D eigenvalue weighted by atomic mass is 9.84. The lowest BCUT2D eigenvalue weighted by Crippen LogP contribution is -2.61. The maximum atomic E-state index is 12.4. The first-order chi connectivity index (χ1) is 16.2. The highest BCUT2D eigenvalue weighted by Crippen LogP contribution is 2.49. The van der Waals surface area contributed by atoms with Gasteiger partial charge in [0.1, 0.15) is 36.6 Å². The van der Waals surface area contributed by atoms with Crippen molar-refractivity contribution in [3.63, 3.8) is 0 Å². The standard InChI is InChI=1S/C22H27ClO11/c23-18-14(25)11-6-7-31-20(34-21-17(28)16(27)15(26)12(8-24)33-21)13(11)22(18,30)9-32-19(29)10-4-2-1-3-5-10/h1-7,11-18,20-21,24-28,30H,8-9H2. The number of halogens is 1. The van der Waals surface area contributed by atoms with E-state index >= 15 is 0 Å². The molecule has 0 aromatic heterocycles. The van der Waals surface area contributed by atoms with Crippen molar-refractivity contribution in [1.82, 2.24) is 0 Å². The van der Waals surface area contributed by atoms with Gasteiger partial charge >= 0.3 is 5.97 Å². The number of aliphatic hydroxyl groups excluding tert-OH is 5. The van der Waals surface area contributed by atoms with Crippen molar-refractivity contribution in [2.45, 2.75) is 54.1 Å². The Morgan fingerprint density at radius 3 is 2.41 bits per heavy atom. The number of carbonyl (C=O) groups is 1. The number of ether oxygens (including phenoxy) is 4. The average Bonchev–Trinajstić information content (AvgIpc) is 3.05. The zero-order valence-corrected chi connectivity index (χ0v) is 18.6. The molecular weight excluding hydrogens is 476 g/mol. The van der Waals surface area contributed by atoms with Crippen LogP contribution in [-0.4, -0.2) is 104 Å². The molecule has 11 nitrogen and oxygen atoms in total. The quantitative estimate of drug-likeness (QED) is 0.197. The summed E-state index contributed by atoms with van der Waals surface area (Å²) in [6.45, 7) is -1.26. The maximum Gasteiger partial charge on any atom is 0.338 e. The molecule has 1 saturated heterocycles. The number of benzene rings is 1. The van der Waals surface area contributed by atoms with Crippen molar-refractivity contribution < 1.29 is 54.4 Å². The van der Waals surface area contributed by atoms with E-state index in [2.05, 4.69) is 0 Å². The summed E-state index contributed by atoms with van der Waals surface area (Å²) in [5.74, 6) is -2.56. The summed E-state index contributed by atoms with van der Waals surface area (Å²) in [4.78, 5) is 12.4. The second-order valence-electron chi connectivity index (χ2n) is 8.60. The SMILES string of the molecule is O=C(OCC1(O)C(Cl)C(O)C2C=COC(OC3OC(CO)C(O)C(O)C3O)C21)c1ccccc1. The van der Waals surface area contributed by atoms with E-state index in [0.717, 1.165) is 0 Å². The molecule has 11 unspecified atom stereocenters. The predicted molar refractivity (Wildman–Crippen MR) is 113 cm³/mol. The second kappa shape index (κ2) is 10.1. The van der Waals surface area contributed by atoms with Gasteiger partial charge < -0.3 is 49.6 Å². The van der Waals surface area contributed by atoms with Crippen LogP contribution in [0.5, 0.6) is 0 Å². The van der Waals surface area contributed by atoms with Gasteiger partial charge in [-0.05, 0) is 18.2 Å². The number of esters is 1. The van der Waals surface area contributed by atoms with Gasteiger partial charge in [-0.2, -0.15) is 0 Å². The molecule has 1 saturated carbocycles. The van der Waals surface area contributed by atoms with Gasteiger partial charge in [0.25, 0.3) is 0 Å². The van der Waals surface area contributed by atoms with Crippen molar-refractivity contribution in [2.24, 2.45) is 11.8 Å². The minimum Gasteiger partial charge on any atom is -0.472 e. The van der Waals surface area contributed by atoms with Crippen LogP contribution in [0.1, 0.15) is 10.4 Å². The van der Waals surface area contributed by atoms with Gasteiger partial charge in [-0.25, -0.2) is 4.79 Å². The van der Waals surface area contributed by atoms with Gasteiger partial charge in [0.2, 0.25) is 6.29 Å². The Hall–Kier alpha value is -1.80. The summed E-state index contributed by atoms with van der Waals surface area (Å²) in [5, 5.41) is 60.6. The number of aliphatic hydroxyl groups is 6. The summed E-state index contributed by atoms with van der Waals surface area (Å²) >= 11 is 6.38. The Labute approximate surface area is 199 Å². The van der Waals surface area contributed by atoms with Crippen molar-refractivity contribution in [2.75, 3.05) is 13.2 Å². The minimum atomic E-state index is -2.01. The van der Waals surface area contributed by atoms with Crippen LogP contribution in [0.25, 0.3) is 0 Å². The molecule has 4 rings (SSSR count). The first-order valence-electron chi connectivity index (χ1n) is 10.7. The topological polar surface area (TPSA) is 175 Å². The summed E-state index contributed by atoms with van der Waals surface area (Å²) in [6.07, 6.45) is -7.69. The highest BCUT2D eigenvalue weighted by atomic mass is 35.5. The molecule has 1 aromatic rings.